The lowest BCUT2D eigenvalue weighted by atomic mass is 9.95. The van der Waals surface area contributed by atoms with E-state index in [1.165, 1.54) is 16.2 Å². The first-order valence-corrected chi connectivity index (χ1v) is 8.38. The summed E-state index contributed by atoms with van der Waals surface area (Å²) in [4.78, 5) is 18.0. The van der Waals surface area contributed by atoms with E-state index in [1.54, 1.807) is 11.3 Å². The van der Waals surface area contributed by atoms with Gasteiger partial charge in [0.25, 0.3) is 0 Å². The fourth-order valence-corrected chi connectivity index (χ4v) is 3.58. The minimum atomic E-state index is -0.931. The molecule has 0 fully saturated rings. The van der Waals surface area contributed by atoms with Gasteiger partial charge in [-0.3, -0.25) is 0 Å². The van der Waals surface area contributed by atoms with Gasteiger partial charge in [0.05, 0.1) is 17.8 Å². The highest BCUT2D eigenvalue weighted by atomic mass is 32.1. The summed E-state index contributed by atoms with van der Waals surface area (Å²) in [5.41, 5.74) is 2.75. The molecular formula is C15H19NO3S2. The van der Waals surface area contributed by atoms with E-state index in [0.29, 0.717) is 12.4 Å². The van der Waals surface area contributed by atoms with E-state index in [0.717, 1.165) is 17.0 Å². The average molecular weight is 325 g/mol. The summed E-state index contributed by atoms with van der Waals surface area (Å²) in [6, 6.07) is 1.85. The van der Waals surface area contributed by atoms with Crippen LogP contribution in [0.4, 0.5) is 0 Å². The Kier molecular flexibility index (Phi) is 4.68. The molecule has 0 aliphatic rings. The standard InChI is InChI=1S/C15H19NO3S2/c1-9-11(20-8-16-9)5-6-19-10-7-12(15(2,3)4)21-13(10)14(17)18/h7-8H,5-6H2,1-4H3,(H,17,18). The smallest absolute Gasteiger partial charge is 0.349 e. The maximum absolute atomic E-state index is 11.3. The molecule has 0 atom stereocenters. The summed E-state index contributed by atoms with van der Waals surface area (Å²) in [6.07, 6.45) is 0.746. The Morgan fingerprint density at radius 1 is 1.43 bits per heavy atom. The van der Waals surface area contributed by atoms with Crippen molar-refractivity contribution in [3.05, 3.63) is 31.9 Å². The Morgan fingerprint density at radius 2 is 2.14 bits per heavy atom. The molecule has 0 aromatic carbocycles. The number of nitrogens with zero attached hydrogens (tertiary/aromatic N) is 1. The molecule has 0 aliphatic carbocycles. The molecule has 0 saturated carbocycles. The first kappa shape index (κ1) is 16.0. The number of thiophene rings is 1. The minimum absolute atomic E-state index is 0.0786. The van der Waals surface area contributed by atoms with Crippen molar-refractivity contribution in [1.82, 2.24) is 4.98 Å². The number of hydrogen-bond acceptors (Lipinski definition) is 5. The van der Waals surface area contributed by atoms with Crippen LogP contribution in [0.3, 0.4) is 0 Å². The van der Waals surface area contributed by atoms with Gasteiger partial charge in [0.15, 0.2) is 4.88 Å². The van der Waals surface area contributed by atoms with Gasteiger partial charge in [0.2, 0.25) is 0 Å². The highest BCUT2D eigenvalue weighted by Crippen LogP contribution is 2.36. The van der Waals surface area contributed by atoms with Crippen LogP contribution < -0.4 is 4.74 Å². The SMILES string of the molecule is Cc1ncsc1CCOc1cc(C(C)(C)C)sc1C(=O)O. The van der Waals surface area contributed by atoms with E-state index in [9.17, 15) is 9.90 Å². The summed E-state index contributed by atoms with van der Waals surface area (Å²) in [6.45, 7) is 8.62. The highest BCUT2D eigenvalue weighted by Gasteiger charge is 2.23. The van der Waals surface area contributed by atoms with E-state index in [4.69, 9.17) is 4.74 Å². The van der Waals surface area contributed by atoms with Crippen LogP contribution in [-0.2, 0) is 11.8 Å². The van der Waals surface area contributed by atoms with Crippen molar-refractivity contribution in [1.29, 1.82) is 0 Å². The van der Waals surface area contributed by atoms with E-state index in [-0.39, 0.29) is 10.3 Å². The molecule has 21 heavy (non-hydrogen) atoms. The second kappa shape index (κ2) is 6.15. The van der Waals surface area contributed by atoms with Gasteiger partial charge in [-0.1, -0.05) is 20.8 Å². The predicted molar refractivity (Wildman–Crippen MR) is 86.0 cm³/mol. The third-order valence-corrected chi connectivity index (χ3v) is 5.59. The zero-order valence-corrected chi connectivity index (χ0v) is 14.2. The minimum Gasteiger partial charge on any atom is -0.491 e. The first-order chi connectivity index (χ1) is 9.79. The number of carboxylic acids is 1. The van der Waals surface area contributed by atoms with Crippen molar-refractivity contribution in [3.8, 4) is 5.75 Å². The molecule has 2 heterocycles. The molecular weight excluding hydrogens is 306 g/mol. The maximum Gasteiger partial charge on any atom is 0.349 e. The van der Waals surface area contributed by atoms with Gasteiger partial charge in [-0.05, 0) is 18.4 Å². The predicted octanol–water partition coefficient (Wildman–Crippen LogP) is 4.13. The van der Waals surface area contributed by atoms with Gasteiger partial charge in [0.1, 0.15) is 5.75 Å². The van der Waals surface area contributed by atoms with Crippen molar-refractivity contribution in [2.45, 2.75) is 39.5 Å². The lowest BCUT2D eigenvalue weighted by Gasteiger charge is -2.14. The van der Waals surface area contributed by atoms with E-state index < -0.39 is 5.97 Å². The summed E-state index contributed by atoms with van der Waals surface area (Å²) < 4.78 is 5.71. The first-order valence-electron chi connectivity index (χ1n) is 6.68. The summed E-state index contributed by atoms with van der Waals surface area (Å²) >= 11 is 2.89. The molecule has 114 valence electrons. The van der Waals surface area contributed by atoms with Crippen LogP contribution in [0.2, 0.25) is 0 Å². The molecule has 0 unspecified atom stereocenters. The number of hydrogen-bond donors (Lipinski definition) is 1. The number of thiazole rings is 1. The fraction of sp³-hybridized carbons (Fsp3) is 0.467. The van der Waals surface area contributed by atoms with E-state index in [2.05, 4.69) is 25.8 Å². The van der Waals surface area contributed by atoms with Crippen LogP contribution in [-0.4, -0.2) is 22.7 Å². The molecule has 0 saturated heterocycles. The Hall–Kier alpha value is -1.40. The molecule has 2 aromatic heterocycles. The van der Waals surface area contributed by atoms with Crippen molar-refractivity contribution < 1.29 is 14.6 Å². The zero-order valence-electron chi connectivity index (χ0n) is 12.6. The summed E-state index contributed by atoms with van der Waals surface area (Å²) in [5, 5.41) is 9.29. The van der Waals surface area contributed by atoms with Crippen LogP contribution in [0, 0.1) is 6.92 Å². The molecule has 2 rings (SSSR count). The average Bonchev–Trinajstić information content (AvgIpc) is 2.96. The Bertz CT molecular complexity index is 638. The van der Waals surface area contributed by atoms with Crippen molar-refractivity contribution in [3.63, 3.8) is 0 Å². The normalized spacial score (nSPS) is 11.6. The monoisotopic (exact) mass is 325 g/mol. The number of aromatic carboxylic acids is 1. The van der Waals surface area contributed by atoms with Crippen molar-refractivity contribution >= 4 is 28.6 Å². The summed E-state index contributed by atoms with van der Waals surface area (Å²) in [5.74, 6) is -0.459. The summed E-state index contributed by atoms with van der Waals surface area (Å²) in [7, 11) is 0. The van der Waals surface area contributed by atoms with Gasteiger partial charge < -0.3 is 9.84 Å². The number of rotatable bonds is 5. The second-order valence-electron chi connectivity index (χ2n) is 5.82. The van der Waals surface area contributed by atoms with Crippen LogP contribution in [0.1, 0.15) is 45.9 Å². The van der Waals surface area contributed by atoms with Gasteiger partial charge >= 0.3 is 5.97 Å². The van der Waals surface area contributed by atoms with E-state index in [1.807, 2.05) is 18.5 Å². The second-order valence-corrected chi connectivity index (χ2v) is 7.81. The Balaban J connectivity index is 2.10. The van der Waals surface area contributed by atoms with Gasteiger partial charge in [-0.15, -0.1) is 22.7 Å². The third kappa shape index (κ3) is 3.83. The Morgan fingerprint density at radius 3 is 2.67 bits per heavy atom. The molecule has 0 aliphatic heterocycles. The molecule has 2 aromatic rings. The van der Waals surface area contributed by atoms with Gasteiger partial charge in [0, 0.05) is 16.2 Å². The lowest BCUT2D eigenvalue weighted by Crippen LogP contribution is -2.08. The molecule has 0 spiro atoms. The fourth-order valence-electron chi connectivity index (χ4n) is 1.82. The van der Waals surface area contributed by atoms with Crippen LogP contribution in [0.5, 0.6) is 5.75 Å². The number of carbonyl (C=O) groups is 1. The van der Waals surface area contributed by atoms with Gasteiger partial charge in [-0.25, -0.2) is 9.78 Å². The molecule has 0 radical (unpaired) electrons. The van der Waals surface area contributed by atoms with Crippen LogP contribution in [0.15, 0.2) is 11.6 Å². The zero-order chi connectivity index (χ0) is 15.6. The van der Waals surface area contributed by atoms with Crippen LogP contribution in [0.25, 0.3) is 0 Å². The lowest BCUT2D eigenvalue weighted by molar-refractivity contribution is 0.0698. The molecule has 0 bridgehead atoms. The third-order valence-electron chi connectivity index (χ3n) is 3.06. The largest absolute Gasteiger partial charge is 0.491 e. The number of aryl methyl sites for hydroxylation is 1. The number of aromatic nitrogens is 1. The van der Waals surface area contributed by atoms with Gasteiger partial charge in [-0.2, -0.15) is 0 Å². The number of carboxylic acid groups (broad SMARTS) is 1. The highest BCUT2D eigenvalue weighted by molar-refractivity contribution is 7.14. The van der Waals surface area contributed by atoms with Crippen molar-refractivity contribution in [2.24, 2.45) is 0 Å². The quantitative estimate of drug-likeness (QED) is 0.898. The van der Waals surface area contributed by atoms with Crippen LogP contribution >= 0.6 is 22.7 Å². The molecule has 4 nitrogen and oxygen atoms in total. The molecule has 0 amide bonds. The Labute approximate surface area is 132 Å². The molecule has 1 N–H and O–H groups in total. The van der Waals surface area contributed by atoms with E-state index >= 15 is 0 Å². The topological polar surface area (TPSA) is 59.4 Å². The number of ether oxygens (including phenoxy) is 1. The van der Waals surface area contributed by atoms with Crippen molar-refractivity contribution in [2.75, 3.05) is 6.61 Å². The maximum atomic E-state index is 11.3. The molecule has 6 heteroatoms.